The molecule has 1 atom stereocenters. The van der Waals surface area contributed by atoms with E-state index in [0.29, 0.717) is 11.7 Å². The van der Waals surface area contributed by atoms with Crippen LogP contribution in [-0.2, 0) is 0 Å². The van der Waals surface area contributed by atoms with Crippen molar-refractivity contribution in [3.63, 3.8) is 0 Å². The van der Waals surface area contributed by atoms with Gasteiger partial charge in [0.05, 0.1) is 11.4 Å². The number of hydrogen-bond donors (Lipinski definition) is 0. The Bertz CT molecular complexity index is 2860. The highest BCUT2D eigenvalue weighted by atomic mass is 16.3. The van der Waals surface area contributed by atoms with E-state index >= 15 is 0 Å². The highest BCUT2D eigenvalue weighted by Gasteiger charge is 2.32. The van der Waals surface area contributed by atoms with Crippen LogP contribution in [0.5, 0.6) is 0 Å². The quantitative estimate of drug-likeness (QED) is 0.180. The summed E-state index contributed by atoms with van der Waals surface area (Å²) in [5, 5.41) is 3.43. The van der Waals surface area contributed by atoms with Gasteiger partial charge in [-0.25, -0.2) is 9.97 Å². The standard InChI is InChI=1S/C51H36N2O/c1-33-13-5-4-8-14-34-15-9-10-19-41(34)46(29-33)48-32-47(36-16-6-2-3-7-17-36)52-51(53-48)37-23-21-35(22-24-37)40-18-11-12-20-42(40)39-25-27-43-44-28-26-38-30-45(38)50(44)54-49(43)31-39/h2-6,8-32,38H,7H2,1H3/t38-/m0/s1. The highest BCUT2D eigenvalue weighted by molar-refractivity contribution is 6.01. The zero-order valence-corrected chi connectivity index (χ0v) is 29.9. The van der Waals surface area contributed by atoms with Crippen molar-refractivity contribution in [1.82, 2.24) is 9.97 Å². The van der Waals surface area contributed by atoms with Crippen molar-refractivity contribution in [3.8, 4) is 44.9 Å². The third kappa shape index (κ3) is 5.90. The highest BCUT2D eigenvalue weighted by Crippen LogP contribution is 2.48. The molecule has 0 bridgehead atoms. The number of nitrogens with zero attached hydrogens (tertiary/aromatic N) is 2. The predicted molar refractivity (Wildman–Crippen MR) is 225 cm³/mol. The first-order valence-corrected chi connectivity index (χ1v) is 18.6. The molecule has 0 spiro atoms. The second kappa shape index (κ2) is 13.3. The maximum atomic E-state index is 6.42. The summed E-state index contributed by atoms with van der Waals surface area (Å²) in [4.78, 5) is 10.5. The molecule has 0 saturated carbocycles. The lowest BCUT2D eigenvalue weighted by Crippen LogP contribution is -1.98. The Kier molecular flexibility index (Phi) is 7.84. The van der Waals surface area contributed by atoms with Gasteiger partial charge in [-0.05, 0) is 76.2 Å². The smallest absolute Gasteiger partial charge is 0.160 e. The molecule has 7 aromatic rings. The Morgan fingerprint density at radius 1 is 0.611 bits per heavy atom. The monoisotopic (exact) mass is 692 g/mol. The van der Waals surface area contributed by atoms with Crippen LogP contribution in [0, 0.1) is 12.8 Å². The summed E-state index contributed by atoms with van der Waals surface area (Å²) in [5.41, 5.74) is 14.0. The first kappa shape index (κ1) is 31.9. The van der Waals surface area contributed by atoms with E-state index < -0.39 is 0 Å². The third-order valence-corrected chi connectivity index (χ3v) is 10.5. The van der Waals surface area contributed by atoms with E-state index in [1.54, 1.807) is 0 Å². The summed E-state index contributed by atoms with van der Waals surface area (Å²) in [7, 11) is 0. The predicted octanol–water partition coefficient (Wildman–Crippen LogP) is 13.4. The Labute approximate surface area is 315 Å². The minimum Gasteiger partial charge on any atom is -0.456 e. The summed E-state index contributed by atoms with van der Waals surface area (Å²) in [5.74, 6) is 2.16. The largest absolute Gasteiger partial charge is 0.456 e. The van der Waals surface area contributed by atoms with Crippen LogP contribution in [0.15, 0.2) is 180 Å². The van der Waals surface area contributed by atoms with E-state index in [4.69, 9.17) is 14.4 Å². The fraction of sp³-hybridized carbons (Fsp3) is 0.0588. The van der Waals surface area contributed by atoms with Gasteiger partial charge in [-0.1, -0.05) is 163 Å². The van der Waals surface area contributed by atoms with Gasteiger partial charge >= 0.3 is 0 Å². The Balaban J connectivity index is 1.08. The molecule has 5 aromatic carbocycles. The number of rotatable bonds is 5. The van der Waals surface area contributed by atoms with Gasteiger partial charge in [0.15, 0.2) is 5.82 Å². The van der Waals surface area contributed by atoms with E-state index in [1.165, 1.54) is 11.1 Å². The number of furan rings is 1. The molecule has 0 unspecified atom stereocenters. The fourth-order valence-corrected chi connectivity index (χ4v) is 7.70. The number of aromatic nitrogens is 2. The molecule has 3 heteroatoms. The molecule has 0 N–H and O–H groups in total. The van der Waals surface area contributed by atoms with E-state index in [2.05, 4.69) is 189 Å². The van der Waals surface area contributed by atoms with Gasteiger partial charge in [0.1, 0.15) is 11.3 Å². The first-order valence-electron chi connectivity index (χ1n) is 18.6. The summed E-state index contributed by atoms with van der Waals surface area (Å²) in [6.45, 7) is 2.14. The van der Waals surface area contributed by atoms with Gasteiger partial charge in [-0.15, -0.1) is 0 Å². The number of benzene rings is 4. The molecule has 0 aliphatic heterocycles. The molecule has 3 aliphatic carbocycles. The average molecular weight is 693 g/mol. The van der Waals surface area contributed by atoms with Crippen molar-refractivity contribution in [2.75, 3.05) is 0 Å². The van der Waals surface area contributed by atoms with Crippen LogP contribution < -0.4 is 0 Å². The summed E-state index contributed by atoms with van der Waals surface area (Å²) < 4.78 is 6.42. The van der Waals surface area contributed by atoms with Crippen molar-refractivity contribution < 1.29 is 4.42 Å². The normalized spacial score (nSPS) is 15.2. The van der Waals surface area contributed by atoms with Crippen molar-refractivity contribution in [2.45, 2.75) is 13.3 Å². The van der Waals surface area contributed by atoms with E-state index in [1.807, 2.05) is 0 Å². The molecular formula is C51H36N2O. The van der Waals surface area contributed by atoms with Crippen molar-refractivity contribution in [3.05, 3.63) is 199 Å². The van der Waals surface area contributed by atoms with Crippen LogP contribution in [0.4, 0.5) is 0 Å². The molecular weight excluding hydrogens is 657 g/mol. The second-order valence-electron chi connectivity index (χ2n) is 14.1. The van der Waals surface area contributed by atoms with Crippen molar-refractivity contribution >= 4 is 39.0 Å². The molecule has 0 fully saturated rings. The maximum absolute atomic E-state index is 6.42. The van der Waals surface area contributed by atoms with Crippen LogP contribution in [0.2, 0.25) is 0 Å². The van der Waals surface area contributed by atoms with Gasteiger partial charge < -0.3 is 4.42 Å². The Morgan fingerprint density at radius 3 is 2.24 bits per heavy atom. The van der Waals surface area contributed by atoms with Gasteiger partial charge in [0, 0.05) is 33.6 Å². The third-order valence-electron chi connectivity index (χ3n) is 10.5. The summed E-state index contributed by atoms with van der Waals surface area (Å²) in [6, 6.07) is 47.3. The fourth-order valence-electron chi connectivity index (χ4n) is 7.70. The minimum absolute atomic E-state index is 0.449. The topological polar surface area (TPSA) is 38.9 Å². The van der Waals surface area contributed by atoms with Crippen LogP contribution in [-0.4, -0.2) is 9.97 Å². The molecule has 3 nitrogen and oxygen atoms in total. The number of allylic oxidation sites excluding steroid dienone is 9. The van der Waals surface area contributed by atoms with Crippen LogP contribution in [0.1, 0.15) is 29.0 Å². The summed E-state index contributed by atoms with van der Waals surface area (Å²) in [6.07, 6.45) is 18.3. The minimum atomic E-state index is 0.449. The molecule has 0 amide bonds. The van der Waals surface area contributed by atoms with Crippen molar-refractivity contribution in [1.29, 1.82) is 0 Å². The zero-order valence-electron chi connectivity index (χ0n) is 29.9. The van der Waals surface area contributed by atoms with Crippen LogP contribution in [0.3, 0.4) is 0 Å². The van der Waals surface area contributed by atoms with Gasteiger partial charge in [-0.2, -0.15) is 0 Å². The van der Waals surface area contributed by atoms with E-state index in [0.717, 1.165) is 89.8 Å². The Morgan fingerprint density at radius 2 is 1.35 bits per heavy atom. The lowest BCUT2D eigenvalue weighted by Gasteiger charge is -2.13. The number of hydrogen-bond acceptors (Lipinski definition) is 3. The molecule has 256 valence electrons. The molecule has 0 saturated heterocycles. The zero-order chi connectivity index (χ0) is 36.0. The molecule has 0 radical (unpaired) electrons. The van der Waals surface area contributed by atoms with Crippen molar-refractivity contribution in [2.24, 2.45) is 5.92 Å². The molecule has 54 heavy (non-hydrogen) atoms. The van der Waals surface area contributed by atoms with Gasteiger partial charge in [0.25, 0.3) is 0 Å². The molecule has 3 aliphatic rings. The van der Waals surface area contributed by atoms with E-state index in [9.17, 15) is 0 Å². The molecule has 10 rings (SSSR count). The average Bonchev–Trinajstić information content (AvgIpc) is 3.99. The Hall–Kier alpha value is -6.84. The lowest BCUT2D eigenvalue weighted by atomic mass is 9.93. The van der Waals surface area contributed by atoms with Crippen LogP contribution in [0.25, 0.3) is 83.9 Å². The first-order chi connectivity index (χ1) is 26.7. The summed E-state index contributed by atoms with van der Waals surface area (Å²) >= 11 is 0. The molecule has 2 heterocycles. The van der Waals surface area contributed by atoms with E-state index in [-0.39, 0.29) is 0 Å². The van der Waals surface area contributed by atoms with Crippen LogP contribution >= 0.6 is 0 Å². The lowest BCUT2D eigenvalue weighted by molar-refractivity contribution is 0.598. The maximum Gasteiger partial charge on any atom is 0.160 e. The van der Waals surface area contributed by atoms with Gasteiger partial charge in [0.2, 0.25) is 0 Å². The SMILES string of the molecule is Cc1cccccc2ccccc2c(-c2cc(C3=CCC=CC=C3)nc(-c3ccc(-c4ccccc4-c4ccc5c6c(oc5c4)C4=C[C@@H]4C=C6)cc3)n2)c1. The second-order valence-corrected chi connectivity index (χ2v) is 14.1. The number of aryl methyl sites for hydroxylation is 1. The number of fused-ring (bicyclic) bond motifs is 6. The molecule has 2 aromatic heterocycles. The van der Waals surface area contributed by atoms with Gasteiger partial charge in [-0.3, -0.25) is 0 Å².